The molecule has 0 bridgehead atoms. The second-order valence-electron chi connectivity index (χ2n) is 7.41. The molecule has 1 saturated carbocycles. The summed E-state index contributed by atoms with van der Waals surface area (Å²) in [6.45, 7) is 0.0449. The molecule has 1 fully saturated rings. The quantitative estimate of drug-likeness (QED) is 0.473. The van der Waals surface area contributed by atoms with Crippen molar-refractivity contribution in [2.75, 3.05) is 13.7 Å². The van der Waals surface area contributed by atoms with Gasteiger partial charge in [0, 0.05) is 48.2 Å². The van der Waals surface area contributed by atoms with Crippen LogP contribution >= 0.6 is 0 Å². The van der Waals surface area contributed by atoms with Gasteiger partial charge in [-0.25, -0.2) is 0 Å². The molecule has 0 unspecified atom stereocenters. The molecule has 0 saturated heterocycles. The van der Waals surface area contributed by atoms with Crippen molar-refractivity contribution in [3.63, 3.8) is 0 Å². The van der Waals surface area contributed by atoms with Crippen LogP contribution < -0.4 is 10.6 Å². The lowest BCUT2D eigenvalue weighted by atomic mass is 9.85. The van der Waals surface area contributed by atoms with Crippen LogP contribution in [0.25, 0.3) is 10.9 Å². The molecule has 168 valence electrons. The van der Waals surface area contributed by atoms with Gasteiger partial charge in [0.15, 0.2) is 0 Å². The van der Waals surface area contributed by atoms with Crippen LogP contribution in [-0.4, -0.2) is 53.6 Å². The van der Waals surface area contributed by atoms with Crippen LogP contribution in [0.5, 0.6) is 0 Å². The molecule has 1 aliphatic carbocycles. The van der Waals surface area contributed by atoms with Crippen molar-refractivity contribution < 1.29 is 29.0 Å². The predicted octanol–water partition coefficient (Wildman–Crippen LogP) is 1.85. The Kier molecular flexibility index (Phi) is 9.05. The van der Waals surface area contributed by atoms with E-state index >= 15 is 0 Å². The molecular weight excluding hydrogens is 402 g/mol. The summed E-state index contributed by atoms with van der Waals surface area (Å²) in [4.78, 5) is 44.4. The van der Waals surface area contributed by atoms with E-state index < -0.39 is 0 Å². The first-order valence-corrected chi connectivity index (χ1v) is 10.2. The van der Waals surface area contributed by atoms with Crippen molar-refractivity contribution in [2.45, 2.75) is 38.1 Å². The van der Waals surface area contributed by atoms with E-state index in [1.807, 2.05) is 42.1 Å². The van der Waals surface area contributed by atoms with Gasteiger partial charge in [-0.3, -0.25) is 19.2 Å². The van der Waals surface area contributed by atoms with E-state index in [-0.39, 0.29) is 42.6 Å². The third kappa shape index (κ3) is 6.56. The normalized spacial score (nSPS) is 17.7. The van der Waals surface area contributed by atoms with E-state index in [4.69, 9.17) is 9.90 Å². The monoisotopic (exact) mass is 431 g/mol. The number of nitrogens with zero attached hydrogens (tertiary/aromatic N) is 1. The Morgan fingerprint density at radius 2 is 1.87 bits per heavy atom. The summed E-state index contributed by atoms with van der Waals surface area (Å²) in [5, 5.41) is 13.7. The molecule has 2 aromatic rings. The van der Waals surface area contributed by atoms with E-state index in [1.165, 1.54) is 7.11 Å². The van der Waals surface area contributed by atoms with Crippen molar-refractivity contribution in [1.82, 2.24) is 15.2 Å². The van der Waals surface area contributed by atoms with E-state index in [1.54, 1.807) is 0 Å². The summed E-state index contributed by atoms with van der Waals surface area (Å²) in [6, 6.07) is 7.77. The van der Waals surface area contributed by atoms with Crippen molar-refractivity contribution >= 4 is 35.2 Å². The molecule has 3 N–H and O–H groups in total. The number of methoxy groups -OCH3 is 1. The number of aryl methyl sites for hydroxylation is 1. The third-order valence-corrected chi connectivity index (χ3v) is 5.46. The number of carboxylic acid groups (broad SMARTS) is 1. The minimum Gasteiger partial charge on any atom is -0.483 e. The van der Waals surface area contributed by atoms with Crippen LogP contribution in [0.2, 0.25) is 0 Å². The molecule has 1 aromatic heterocycles. The average molecular weight is 431 g/mol. The molecule has 0 atom stereocenters. The lowest BCUT2D eigenvalue weighted by Crippen LogP contribution is -2.41. The maximum absolute atomic E-state index is 12.7. The smallest absolute Gasteiger partial charge is 0.307 e. The first-order valence-electron chi connectivity index (χ1n) is 10.2. The summed E-state index contributed by atoms with van der Waals surface area (Å²) in [5.74, 6) is -0.492. The van der Waals surface area contributed by atoms with E-state index in [0.29, 0.717) is 12.1 Å². The van der Waals surface area contributed by atoms with Gasteiger partial charge in [0.2, 0.25) is 5.91 Å². The van der Waals surface area contributed by atoms with Gasteiger partial charge in [-0.1, -0.05) is 6.07 Å². The molecule has 2 amide bonds. The maximum atomic E-state index is 12.7. The van der Waals surface area contributed by atoms with Gasteiger partial charge in [0.1, 0.15) is 0 Å². The number of ether oxygens (including phenoxy) is 1. The van der Waals surface area contributed by atoms with Crippen LogP contribution in [0.3, 0.4) is 0 Å². The number of aromatic nitrogens is 1. The fourth-order valence-electron chi connectivity index (χ4n) is 3.80. The van der Waals surface area contributed by atoms with Crippen LogP contribution in [0.15, 0.2) is 30.5 Å². The van der Waals surface area contributed by atoms with Gasteiger partial charge in [-0.05, 0) is 43.9 Å². The number of esters is 1. The minimum atomic E-state index is -0.333. The molecule has 1 heterocycles. The lowest BCUT2D eigenvalue weighted by Gasteiger charge is -2.28. The molecule has 3 rings (SSSR count). The molecule has 1 aliphatic rings. The number of rotatable bonds is 6. The largest absolute Gasteiger partial charge is 0.483 e. The summed E-state index contributed by atoms with van der Waals surface area (Å²) in [7, 11) is 3.29. The highest BCUT2D eigenvalue weighted by Gasteiger charge is 2.27. The van der Waals surface area contributed by atoms with Crippen LogP contribution in [0, 0.1) is 5.92 Å². The summed E-state index contributed by atoms with van der Waals surface area (Å²) < 4.78 is 6.56. The molecule has 9 nitrogen and oxygen atoms in total. The SMILES string of the molecule is COC(=O)CCNC(=O)C1CCC(NC(=O)c2cccc3c2ccn3C)CC1.O=CO. The molecule has 0 spiro atoms. The fraction of sp³-hybridized carbons (Fsp3) is 0.455. The average Bonchev–Trinajstić information content (AvgIpc) is 3.15. The number of hydrogen-bond donors (Lipinski definition) is 3. The van der Waals surface area contributed by atoms with Crippen LogP contribution in [0.1, 0.15) is 42.5 Å². The fourth-order valence-corrected chi connectivity index (χ4v) is 3.80. The Bertz CT molecular complexity index is 915. The Hall–Kier alpha value is -3.36. The second kappa shape index (κ2) is 11.7. The first-order chi connectivity index (χ1) is 14.9. The third-order valence-electron chi connectivity index (χ3n) is 5.46. The van der Waals surface area contributed by atoms with Crippen molar-refractivity contribution in [1.29, 1.82) is 0 Å². The minimum absolute atomic E-state index is 0.0252. The number of amides is 2. The van der Waals surface area contributed by atoms with Crippen molar-refractivity contribution in [3.05, 3.63) is 36.0 Å². The number of hydrogen-bond acceptors (Lipinski definition) is 5. The van der Waals surface area contributed by atoms with E-state index in [0.717, 1.165) is 36.6 Å². The Morgan fingerprint density at radius 1 is 1.19 bits per heavy atom. The van der Waals surface area contributed by atoms with E-state index in [9.17, 15) is 14.4 Å². The first kappa shape index (κ1) is 23.9. The number of nitrogens with one attached hydrogen (secondary N) is 2. The number of carbonyl (C=O) groups excluding carboxylic acids is 3. The molecule has 9 heteroatoms. The molecular formula is C22H29N3O6. The Labute approximate surface area is 180 Å². The van der Waals surface area contributed by atoms with Gasteiger partial charge >= 0.3 is 5.97 Å². The lowest BCUT2D eigenvalue weighted by molar-refractivity contribution is -0.140. The van der Waals surface area contributed by atoms with Crippen LogP contribution in [0.4, 0.5) is 0 Å². The highest BCUT2D eigenvalue weighted by Crippen LogP contribution is 2.25. The molecule has 0 radical (unpaired) electrons. The number of fused-ring (bicyclic) bond motifs is 1. The topological polar surface area (TPSA) is 127 Å². The molecule has 0 aliphatic heterocycles. The zero-order valence-electron chi connectivity index (χ0n) is 17.8. The summed E-state index contributed by atoms with van der Waals surface area (Å²) in [6.07, 6.45) is 5.12. The van der Waals surface area contributed by atoms with Gasteiger partial charge < -0.3 is 25.0 Å². The van der Waals surface area contributed by atoms with Crippen molar-refractivity contribution in [3.8, 4) is 0 Å². The summed E-state index contributed by atoms with van der Waals surface area (Å²) in [5.41, 5.74) is 1.71. The van der Waals surface area contributed by atoms with Crippen LogP contribution in [-0.2, 0) is 26.2 Å². The predicted molar refractivity (Wildman–Crippen MR) is 114 cm³/mol. The van der Waals surface area contributed by atoms with Gasteiger partial charge in [0.25, 0.3) is 12.4 Å². The molecule has 1 aromatic carbocycles. The van der Waals surface area contributed by atoms with Crippen molar-refractivity contribution in [2.24, 2.45) is 13.0 Å². The second-order valence-corrected chi connectivity index (χ2v) is 7.41. The van der Waals surface area contributed by atoms with E-state index in [2.05, 4.69) is 15.4 Å². The Balaban J connectivity index is 0.00000107. The molecule has 31 heavy (non-hydrogen) atoms. The number of benzene rings is 1. The Morgan fingerprint density at radius 3 is 2.52 bits per heavy atom. The highest BCUT2D eigenvalue weighted by molar-refractivity contribution is 6.06. The number of carbonyl (C=O) groups is 4. The van der Waals surface area contributed by atoms with Gasteiger partial charge in [-0.15, -0.1) is 0 Å². The highest BCUT2D eigenvalue weighted by atomic mass is 16.5. The zero-order chi connectivity index (χ0) is 22.8. The standard InChI is InChI=1S/C21H27N3O4.CH2O2/c1-24-13-11-16-17(4-3-5-18(16)24)21(27)23-15-8-6-14(7-9-15)20(26)22-12-10-19(25)28-2;2-1-3/h3-5,11,13-15H,6-10,12H2,1-2H3,(H,22,26)(H,23,27);1H,(H,2,3). The van der Waals surface area contributed by atoms with Gasteiger partial charge in [-0.2, -0.15) is 0 Å². The summed E-state index contributed by atoms with van der Waals surface area (Å²) >= 11 is 0. The maximum Gasteiger partial charge on any atom is 0.307 e. The van der Waals surface area contributed by atoms with Gasteiger partial charge in [0.05, 0.1) is 13.5 Å². The zero-order valence-corrected chi connectivity index (χ0v) is 17.8.